The average Bonchev–Trinajstić information content (AvgIpc) is 3.11. The number of benzene rings is 2. The molecule has 0 saturated carbocycles. The molecule has 0 radical (unpaired) electrons. The van der Waals surface area contributed by atoms with Gasteiger partial charge in [0, 0.05) is 15.9 Å². The highest BCUT2D eigenvalue weighted by atomic mass is 79.9. The maximum atomic E-state index is 13.4. The van der Waals surface area contributed by atoms with E-state index in [4.69, 9.17) is 0 Å². The molecule has 1 aliphatic rings. The SMILES string of the molecule is CC1=C(C(=O)Nc2ccc(C)cc2C)[C@H](c2ccccc2Br)n2ncnc2N1. The number of halogens is 1. The minimum Gasteiger partial charge on any atom is -0.328 e. The summed E-state index contributed by atoms with van der Waals surface area (Å²) < 4.78 is 2.65. The highest BCUT2D eigenvalue weighted by Gasteiger charge is 2.34. The lowest BCUT2D eigenvalue weighted by Gasteiger charge is -2.29. The van der Waals surface area contributed by atoms with Crippen LogP contribution < -0.4 is 10.6 Å². The second-order valence-electron chi connectivity index (χ2n) is 6.89. The second kappa shape index (κ2) is 7.24. The first kappa shape index (κ1) is 18.4. The number of allylic oxidation sites excluding steroid dienone is 1. The quantitative estimate of drug-likeness (QED) is 0.628. The third-order valence-electron chi connectivity index (χ3n) is 4.87. The Labute approximate surface area is 171 Å². The molecule has 7 heteroatoms. The van der Waals surface area contributed by atoms with E-state index in [0.29, 0.717) is 11.5 Å². The van der Waals surface area contributed by atoms with Crippen LogP contribution >= 0.6 is 15.9 Å². The molecule has 2 N–H and O–H groups in total. The summed E-state index contributed by atoms with van der Waals surface area (Å²) in [6.45, 7) is 5.91. The second-order valence-corrected chi connectivity index (χ2v) is 7.74. The molecule has 28 heavy (non-hydrogen) atoms. The summed E-state index contributed by atoms with van der Waals surface area (Å²) in [6.07, 6.45) is 1.49. The van der Waals surface area contributed by atoms with Crippen LogP contribution in [0.4, 0.5) is 11.6 Å². The summed E-state index contributed by atoms with van der Waals surface area (Å²) in [6, 6.07) is 13.4. The number of anilines is 2. The minimum absolute atomic E-state index is 0.168. The van der Waals surface area contributed by atoms with E-state index in [0.717, 1.165) is 32.5 Å². The van der Waals surface area contributed by atoms with Crippen molar-refractivity contribution in [3.63, 3.8) is 0 Å². The molecule has 0 unspecified atom stereocenters. The van der Waals surface area contributed by atoms with Gasteiger partial charge in [0.15, 0.2) is 0 Å². The number of hydrogen-bond acceptors (Lipinski definition) is 4. The molecular weight excluding hydrogens is 418 g/mol. The van der Waals surface area contributed by atoms with Crippen molar-refractivity contribution >= 4 is 33.5 Å². The summed E-state index contributed by atoms with van der Waals surface area (Å²) >= 11 is 3.62. The first-order valence-electron chi connectivity index (χ1n) is 8.96. The van der Waals surface area contributed by atoms with Crippen molar-refractivity contribution in [2.24, 2.45) is 0 Å². The molecular formula is C21H20BrN5O. The van der Waals surface area contributed by atoms with Crippen molar-refractivity contribution in [2.75, 3.05) is 10.6 Å². The predicted octanol–water partition coefficient (Wildman–Crippen LogP) is 4.59. The normalized spacial score (nSPS) is 15.8. The Morgan fingerprint density at radius 1 is 1.18 bits per heavy atom. The molecule has 1 atom stereocenters. The van der Waals surface area contributed by atoms with E-state index in [1.165, 1.54) is 6.33 Å². The molecule has 0 saturated heterocycles. The van der Waals surface area contributed by atoms with E-state index >= 15 is 0 Å². The number of fused-ring (bicyclic) bond motifs is 1. The summed E-state index contributed by atoms with van der Waals surface area (Å²) in [5, 5.41) is 10.6. The van der Waals surface area contributed by atoms with Crippen molar-refractivity contribution in [2.45, 2.75) is 26.8 Å². The molecule has 6 nitrogen and oxygen atoms in total. The van der Waals surface area contributed by atoms with E-state index in [1.807, 2.05) is 57.2 Å². The number of nitrogens with zero attached hydrogens (tertiary/aromatic N) is 3. The number of rotatable bonds is 3. The van der Waals surface area contributed by atoms with Gasteiger partial charge in [0.1, 0.15) is 12.4 Å². The van der Waals surface area contributed by atoms with E-state index in [-0.39, 0.29) is 11.9 Å². The fraction of sp³-hybridized carbons (Fsp3) is 0.190. The van der Waals surface area contributed by atoms with Crippen molar-refractivity contribution in [3.8, 4) is 0 Å². The van der Waals surface area contributed by atoms with Crippen LogP contribution in [0.25, 0.3) is 0 Å². The fourth-order valence-corrected chi connectivity index (χ4v) is 4.01. The molecule has 2 aromatic carbocycles. The fourth-order valence-electron chi connectivity index (χ4n) is 3.51. The Hall–Kier alpha value is -2.93. The molecule has 0 spiro atoms. The van der Waals surface area contributed by atoms with Crippen LogP contribution in [0.2, 0.25) is 0 Å². The number of amides is 1. The van der Waals surface area contributed by atoms with Gasteiger partial charge in [-0.1, -0.05) is 51.8 Å². The van der Waals surface area contributed by atoms with Gasteiger partial charge in [-0.15, -0.1) is 0 Å². The topological polar surface area (TPSA) is 71.8 Å². The third kappa shape index (κ3) is 3.22. The van der Waals surface area contributed by atoms with Crippen LogP contribution in [-0.2, 0) is 4.79 Å². The summed E-state index contributed by atoms with van der Waals surface area (Å²) in [4.78, 5) is 17.6. The molecule has 0 bridgehead atoms. The Morgan fingerprint density at radius 2 is 1.96 bits per heavy atom. The lowest BCUT2D eigenvalue weighted by atomic mass is 9.95. The van der Waals surface area contributed by atoms with Gasteiger partial charge >= 0.3 is 0 Å². The highest BCUT2D eigenvalue weighted by Crippen LogP contribution is 2.38. The van der Waals surface area contributed by atoms with E-state index < -0.39 is 0 Å². The standard InChI is InChI=1S/C21H20BrN5O/c1-12-8-9-17(13(2)10-12)26-20(28)18-14(3)25-21-23-11-24-27(21)19(18)15-6-4-5-7-16(15)22/h4-11,19H,1-3H3,(H,26,28)(H,23,24,25)/t19-/m0/s1. The molecule has 2 heterocycles. The third-order valence-corrected chi connectivity index (χ3v) is 5.59. The molecule has 4 rings (SSSR count). The molecule has 1 aliphatic heterocycles. The van der Waals surface area contributed by atoms with Gasteiger partial charge < -0.3 is 10.6 Å². The molecule has 1 amide bonds. The van der Waals surface area contributed by atoms with E-state index in [2.05, 4.69) is 42.7 Å². The van der Waals surface area contributed by atoms with Gasteiger partial charge in [-0.2, -0.15) is 10.1 Å². The Balaban J connectivity index is 1.79. The van der Waals surface area contributed by atoms with Crippen LogP contribution in [0.3, 0.4) is 0 Å². The molecule has 0 aliphatic carbocycles. The van der Waals surface area contributed by atoms with Crippen LogP contribution in [0.5, 0.6) is 0 Å². The van der Waals surface area contributed by atoms with Crippen molar-refractivity contribution < 1.29 is 4.79 Å². The van der Waals surface area contributed by atoms with E-state index in [9.17, 15) is 4.79 Å². The maximum absolute atomic E-state index is 13.4. The minimum atomic E-state index is -0.389. The molecule has 1 aromatic heterocycles. The van der Waals surface area contributed by atoms with Crippen LogP contribution in [0, 0.1) is 13.8 Å². The van der Waals surface area contributed by atoms with Gasteiger partial charge in [-0.05, 0) is 44.0 Å². The predicted molar refractivity (Wildman–Crippen MR) is 113 cm³/mol. The number of carbonyl (C=O) groups is 1. The van der Waals surface area contributed by atoms with Gasteiger partial charge in [-0.3, -0.25) is 4.79 Å². The van der Waals surface area contributed by atoms with Crippen LogP contribution in [0.15, 0.2) is 64.5 Å². The number of aryl methyl sites for hydroxylation is 2. The lowest BCUT2D eigenvalue weighted by molar-refractivity contribution is -0.113. The smallest absolute Gasteiger partial charge is 0.255 e. The largest absolute Gasteiger partial charge is 0.328 e. The maximum Gasteiger partial charge on any atom is 0.255 e. The number of aromatic nitrogens is 3. The first-order valence-corrected chi connectivity index (χ1v) is 9.75. The van der Waals surface area contributed by atoms with Crippen molar-refractivity contribution in [3.05, 3.63) is 81.2 Å². The molecule has 0 fully saturated rings. The molecule has 142 valence electrons. The Bertz CT molecular complexity index is 1100. The Kier molecular flexibility index (Phi) is 4.77. The summed E-state index contributed by atoms with van der Waals surface area (Å²) in [5.41, 5.74) is 5.28. The summed E-state index contributed by atoms with van der Waals surface area (Å²) in [5.74, 6) is 0.445. The monoisotopic (exact) mass is 437 g/mol. The zero-order valence-corrected chi connectivity index (χ0v) is 17.4. The van der Waals surface area contributed by atoms with Crippen LogP contribution in [0.1, 0.15) is 29.7 Å². The Morgan fingerprint density at radius 3 is 2.71 bits per heavy atom. The van der Waals surface area contributed by atoms with Gasteiger partial charge in [0.05, 0.1) is 5.57 Å². The summed E-state index contributed by atoms with van der Waals surface area (Å²) in [7, 11) is 0. The highest BCUT2D eigenvalue weighted by molar-refractivity contribution is 9.10. The number of hydrogen-bond donors (Lipinski definition) is 2. The van der Waals surface area contributed by atoms with Gasteiger partial charge in [0.25, 0.3) is 5.91 Å². The van der Waals surface area contributed by atoms with Crippen molar-refractivity contribution in [1.82, 2.24) is 14.8 Å². The lowest BCUT2D eigenvalue weighted by Crippen LogP contribution is -2.31. The van der Waals surface area contributed by atoms with Gasteiger partial charge in [-0.25, -0.2) is 4.68 Å². The van der Waals surface area contributed by atoms with Crippen LogP contribution in [-0.4, -0.2) is 20.7 Å². The first-order chi connectivity index (χ1) is 13.5. The van der Waals surface area contributed by atoms with Gasteiger partial charge in [0.2, 0.25) is 5.95 Å². The van der Waals surface area contributed by atoms with Crippen molar-refractivity contribution in [1.29, 1.82) is 0 Å². The zero-order chi connectivity index (χ0) is 19.8. The zero-order valence-electron chi connectivity index (χ0n) is 15.8. The molecule has 3 aromatic rings. The average molecular weight is 438 g/mol. The number of nitrogens with one attached hydrogen (secondary N) is 2. The van der Waals surface area contributed by atoms with E-state index in [1.54, 1.807) is 4.68 Å². The number of carbonyl (C=O) groups excluding carboxylic acids is 1.